The van der Waals surface area contributed by atoms with Gasteiger partial charge in [0.05, 0.1) is 15.8 Å². The molecule has 0 atom stereocenters. The van der Waals surface area contributed by atoms with Crippen LogP contribution in [0.4, 0.5) is 13.2 Å². The Kier molecular flexibility index (Phi) is 4.37. The molecule has 0 amide bonds. The van der Waals surface area contributed by atoms with Crippen molar-refractivity contribution in [3.05, 3.63) is 94.0 Å². The highest BCUT2D eigenvalue weighted by Crippen LogP contribution is 2.36. The minimum atomic E-state index is -4.41. The molecule has 2 aromatic heterocycles. The maximum absolute atomic E-state index is 12.9. The van der Waals surface area contributed by atoms with Gasteiger partial charge in [0, 0.05) is 22.8 Å². The van der Waals surface area contributed by atoms with E-state index in [9.17, 15) is 22.8 Å². The van der Waals surface area contributed by atoms with Gasteiger partial charge in [-0.05, 0) is 41.1 Å². The van der Waals surface area contributed by atoms with Crippen molar-refractivity contribution in [1.29, 1.82) is 0 Å². The number of thiazole rings is 1. The minimum Gasteiger partial charge on any atom is -0.437 e. The first-order chi connectivity index (χ1) is 16.3. The summed E-state index contributed by atoms with van der Waals surface area (Å²) in [5.41, 5.74) is 0.829. The second-order valence-electron chi connectivity index (χ2n) is 7.87. The minimum absolute atomic E-state index is 0.0460. The van der Waals surface area contributed by atoms with Gasteiger partial charge >= 0.3 is 6.18 Å². The summed E-state index contributed by atoms with van der Waals surface area (Å²) in [5.74, 6) is -0.306. The summed E-state index contributed by atoms with van der Waals surface area (Å²) in [7, 11) is 0. The summed E-state index contributed by atoms with van der Waals surface area (Å²) in [6, 6.07) is 17.3. The standard InChI is InChI=1S/C26H12F3NO3S/c27-26(28,29)16-7-5-13(6-8-16)20-12-21-25(33-20)30-22(34-21)11-19-23(31)17-9-14-3-1-2-4-15(14)10-18(17)24(19)32/h1-12H. The molecule has 34 heavy (non-hydrogen) atoms. The van der Waals surface area contributed by atoms with E-state index >= 15 is 0 Å². The summed E-state index contributed by atoms with van der Waals surface area (Å²) in [6.07, 6.45) is -2.94. The SMILES string of the molecule is O=C1C(=Cc2nc3oc(-c4ccc(C(F)(F)F)cc4)cc3s2)C(=O)c2cc3ccccc3cc21. The fourth-order valence-electron chi connectivity index (χ4n) is 4.04. The molecule has 0 radical (unpaired) electrons. The highest BCUT2D eigenvalue weighted by molar-refractivity contribution is 7.19. The van der Waals surface area contributed by atoms with Crippen molar-refractivity contribution < 1.29 is 27.2 Å². The fourth-order valence-corrected chi connectivity index (χ4v) is 4.91. The van der Waals surface area contributed by atoms with Crippen LogP contribution < -0.4 is 0 Å². The van der Waals surface area contributed by atoms with Gasteiger partial charge in [0.25, 0.3) is 0 Å². The zero-order valence-electron chi connectivity index (χ0n) is 17.1. The number of rotatable bonds is 2. The van der Waals surface area contributed by atoms with Gasteiger partial charge in [0.15, 0.2) is 11.6 Å². The highest BCUT2D eigenvalue weighted by Gasteiger charge is 2.34. The Bertz CT molecular complexity index is 1590. The number of carbonyl (C=O) groups excluding carboxylic acids is 2. The summed E-state index contributed by atoms with van der Waals surface area (Å²) in [4.78, 5) is 30.2. The number of aromatic nitrogens is 1. The molecule has 1 aliphatic carbocycles. The first-order valence-corrected chi connectivity index (χ1v) is 11.0. The summed E-state index contributed by atoms with van der Waals surface area (Å²) in [5, 5.41) is 2.19. The molecular formula is C26H12F3NO3S. The molecule has 3 aromatic carbocycles. The van der Waals surface area contributed by atoms with Crippen LogP contribution in [0.3, 0.4) is 0 Å². The van der Waals surface area contributed by atoms with Crippen LogP contribution in [0.2, 0.25) is 0 Å². The van der Waals surface area contributed by atoms with Crippen LogP contribution in [0.1, 0.15) is 31.3 Å². The van der Waals surface area contributed by atoms with Crippen molar-refractivity contribution >= 4 is 50.2 Å². The highest BCUT2D eigenvalue weighted by atomic mass is 32.1. The molecule has 0 fully saturated rings. The monoisotopic (exact) mass is 475 g/mol. The zero-order chi connectivity index (χ0) is 23.6. The number of fused-ring (bicyclic) bond motifs is 3. The van der Waals surface area contributed by atoms with Crippen molar-refractivity contribution in [3.8, 4) is 11.3 Å². The molecule has 0 bridgehead atoms. The Morgan fingerprint density at radius 1 is 0.853 bits per heavy atom. The largest absolute Gasteiger partial charge is 0.437 e. The number of Topliss-reactive ketones (excluding diaryl/α,β-unsaturated/α-hetero) is 2. The van der Waals surface area contributed by atoms with Crippen molar-refractivity contribution in [2.75, 3.05) is 0 Å². The van der Waals surface area contributed by atoms with Crippen LogP contribution in [0.25, 0.3) is 38.6 Å². The lowest BCUT2D eigenvalue weighted by molar-refractivity contribution is -0.137. The zero-order valence-corrected chi connectivity index (χ0v) is 18.0. The van der Waals surface area contributed by atoms with Crippen molar-refractivity contribution in [2.24, 2.45) is 0 Å². The summed E-state index contributed by atoms with van der Waals surface area (Å²) in [6.45, 7) is 0. The molecule has 0 aliphatic heterocycles. The van der Waals surface area contributed by atoms with E-state index in [2.05, 4.69) is 4.98 Å². The lowest BCUT2D eigenvalue weighted by Gasteiger charge is -2.06. The Labute approximate surface area is 194 Å². The van der Waals surface area contributed by atoms with E-state index in [0.29, 0.717) is 32.2 Å². The van der Waals surface area contributed by atoms with E-state index in [0.717, 1.165) is 22.9 Å². The van der Waals surface area contributed by atoms with Crippen LogP contribution in [0, 0.1) is 0 Å². The van der Waals surface area contributed by atoms with Gasteiger partial charge in [-0.3, -0.25) is 9.59 Å². The van der Waals surface area contributed by atoms with Gasteiger partial charge in [0.2, 0.25) is 5.71 Å². The van der Waals surface area contributed by atoms with Gasteiger partial charge < -0.3 is 4.42 Å². The molecule has 2 heterocycles. The van der Waals surface area contributed by atoms with E-state index in [1.54, 1.807) is 18.2 Å². The predicted molar refractivity (Wildman–Crippen MR) is 123 cm³/mol. The summed E-state index contributed by atoms with van der Waals surface area (Å²) >= 11 is 1.23. The molecule has 0 N–H and O–H groups in total. The maximum atomic E-state index is 12.9. The number of alkyl halides is 3. The third kappa shape index (κ3) is 3.26. The molecule has 0 saturated heterocycles. The lowest BCUT2D eigenvalue weighted by Crippen LogP contribution is -2.03. The molecule has 0 spiro atoms. The topological polar surface area (TPSA) is 60.2 Å². The molecular weight excluding hydrogens is 463 g/mol. The van der Waals surface area contributed by atoms with Crippen LogP contribution in [0.5, 0.6) is 0 Å². The van der Waals surface area contributed by atoms with Crippen LogP contribution in [-0.4, -0.2) is 16.6 Å². The third-order valence-corrected chi connectivity index (χ3v) is 6.67. The van der Waals surface area contributed by atoms with Crippen LogP contribution >= 0.6 is 11.3 Å². The molecule has 8 heteroatoms. The number of hydrogen-bond acceptors (Lipinski definition) is 5. The Morgan fingerprint density at radius 3 is 2.03 bits per heavy atom. The number of carbonyl (C=O) groups is 2. The van der Waals surface area contributed by atoms with Gasteiger partial charge in [-0.1, -0.05) is 36.4 Å². The van der Waals surface area contributed by atoms with Crippen LogP contribution in [-0.2, 0) is 6.18 Å². The van der Waals surface area contributed by atoms with E-state index in [1.807, 2.05) is 24.3 Å². The Hall–Kier alpha value is -4.04. The lowest BCUT2D eigenvalue weighted by atomic mass is 10.0. The average molecular weight is 475 g/mol. The van der Waals surface area contributed by atoms with E-state index in [4.69, 9.17) is 4.42 Å². The number of hydrogen-bond donors (Lipinski definition) is 0. The number of allylic oxidation sites excluding steroid dienone is 1. The van der Waals surface area contributed by atoms with Crippen molar-refractivity contribution in [3.63, 3.8) is 0 Å². The average Bonchev–Trinajstić information content (AvgIpc) is 3.45. The van der Waals surface area contributed by atoms with Crippen molar-refractivity contribution in [2.45, 2.75) is 6.18 Å². The third-order valence-electron chi connectivity index (χ3n) is 5.73. The molecule has 0 saturated carbocycles. The maximum Gasteiger partial charge on any atom is 0.416 e. The number of halogens is 3. The van der Waals surface area contributed by atoms with E-state index in [1.165, 1.54) is 29.5 Å². The number of furan rings is 1. The first-order valence-electron chi connectivity index (χ1n) is 10.2. The van der Waals surface area contributed by atoms with Crippen molar-refractivity contribution in [1.82, 2.24) is 4.98 Å². The van der Waals surface area contributed by atoms with Gasteiger partial charge in [-0.15, -0.1) is 11.3 Å². The molecule has 1 aliphatic rings. The molecule has 0 unspecified atom stereocenters. The van der Waals surface area contributed by atoms with Crippen LogP contribution in [0.15, 0.2) is 76.7 Å². The fraction of sp³-hybridized carbons (Fsp3) is 0.0385. The smallest absolute Gasteiger partial charge is 0.416 e. The number of ketones is 2. The van der Waals surface area contributed by atoms with E-state index < -0.39 is 11.7 Å². The van der Waals surface area contributed by atoms with Gasteiger partial charge in [-0.25, -0.2) is 4.98 Å². The number of nitrogens with zero attached hydrogens (tertiary/aromatic N) is 1. The normalized spacial score (nSPS) is 13.8. The van der Waals surface area contributed by atoms with Gasteiger partial charge in [-0.2, -0.15) is 13.2 Å². The van der Waals surface area contributed by atoms with E-state index in [-0.39, 0.29) is 22.9 Å². The summed E-state index contributed by atoms with van der Waals surface area (Å²) < 4.78 is 44.7. The Morgan fingerprint density at radius 2 is 1.47 bits per heavy atom. The molecule has 5 aromatic rings. The molecule has 6 rings (SSSR count). The first kappa shape index (κ1) is 20.6. The Balaban J connectivity index is 1.32. The quantitative estimate of drug-likeness (QED) is 0.200. The second kappa shape index (κ2) is 7.23. The predicted octanol–water partition coefficient (Wildman–Crippen LogP) is 7.19. The molecule has 166 valence electrons. The molecule has 4 nitrogen and oxygen atoms in total. The second-order valence-corrected chi connectivity index (χ2v) is 8.93. The number of benzene rings is 3. The van der Waals surface area contributed by atoms with Gasteiger partial charge in [0.1, 0.15) is 10.8 Å².